The number of nitrogens with zero attached hydrogens (tertiary/aromatic N) is 3. The molecule has 4 aromatic heterocycles. The van der Waals surface area contributed by atoms with Gasteiger partial charge in [-0.1, -0.05) is 120 Å². The first-order chi connectivity index (χ1) is 28.2. The van der Waals surface area contributed by atoms with E-state index in [1.807, 2.05) is 53.8 Å². The number of aryl methyl sites for hydroxylation is 1. The zero-order valence-electron chi connectivity index (χ0n) is 31.4. The summed E-state index contributed by atoms with van der Waals surface area (Å²) in [7, 11) is 0. The fraction of sp³-hybridized carbons (Fsp3) is 0.0189. The average molecular weight is 936 g/mol. The Hall–Kier alpha value is -6.49. The maximum absolute atomic E-state index is 5.42. The monoisotopic (exact) mass is 936 g/mol. The standard InChI is InChI=1S/C42H25N2S.C11H8N.Ir/c1-25-11-8-12-26-23-36-33-19-9-20-34(41(33)45-39(36)24-35(25)26)42-43-37-21-10-18-32-30-16-5-3-14-28(30)27-13-2-4-15-29(27)31-17-6-7-22-38(31)44(42)40(32)37;1-2-6-10(7-3-1)11-8-4-5-9-12-11;/h2-19,21-24H,1H3;1-6,8-9H;/q2*-1;. The van der Waals surface area contributed by atoms with Crippen molar-refractivity contribution in [2.75, 3.05) is 0 Å². The number of hydrogen-bond donors (Lipinski definition) is 0. The number of benzene rings is 8. The molecule has 0 aliphatic carbocycles. The van der Waals surface area contributed by atoms with Gasteiger partial charge in [0.25, 0.3) is 0 Å². The van der Waals surface area contributed by atoms with Gasteiger partial charge in [-0.2, -0.15) is 11.3 Å². The van der Waals surface area contributed by atoms with Crippen molar-refractivity contribution in [1.29, 1.82) is 0 Å². The maximum atomic E-state index is 5.42. The maximum Gasteiger partial charge on any atom is 0.0780 e. The van der Waals surface area contributed by atoms with Gasteiger partial charge in [0.05, 0.1) is 16.9 Å². The van der Waals surface area contributed by atoms with Crippen molar-refractivity contribution < 1.29 is 20.1 Å². The van der Waals surface area contributed by atoms with Gasteiger partial charge in [-0.3, -0.25) is 4.98 Å². The number of fused-ring (bicyclic) bond motifs is 11. The molecule has 5 heteroatoms. The molecule has 12 aromatic rings. The largest absolute Gasteiger partial charge is 0.332 e. The van der Waals surface area contributed by atoms with Crippen molar-refractivity contribution >= 4 is 91.1 Å². The first-order valence-electron chi connectivity index (χ1n) is 19.2. The van der Waals surface area contributed by atoms with Gasteiger partial charge in [0.1, 0.15) is 0 Å². The molecule has 0 saturated carbocycles. The van der Waals surface area contributed by atoms with Crippen LogP contribution in [0.3, 0.4) is 0 Å². The zero-order chi connectivity index (χ0) is 37.9. The molecule has 277 valence electrons. The third-order valence-corrected chi connectivity index (χ3v) is 12.3. The van der Waals surface area contributed by atoms with Crippen molar-refractivity contribution in [3.63, 3.8) is 0 Å². The van der Waals surface area contributed by atoms with Crippen molar-refractivity contribution in [1.82, 2.24) is 14.4 Å². The summed E-state index contributed by atoms with van der Waals surface area (Å²) >= 11 is 1.85. The topological polar surface area (TPSA) is 30.2 Å². The van der Waals surface area contributed by atoms with E-state index in [2.05, 4.69) is 162 Å². The fourth-order valence-electron chi connectivity index (χ4n) is 8.46. The van der Waals surface area contributed by atoms with E-state index in [0.717, 1.165) is 39.2 Å². The van der Waals surface area contributed by atoms with Crippen LogP contribution in [0.15, 0.2) is 182 Å². The molecule has 8 aromatic carbocycles. The Morgan fingerprint density at radius 2 is 1.22 bits per heavy atom. The van der Waals surface area contributed by atoms with Gasteiger partial charge in [0, 0.05) is 47.3 Å². The summed E-state index contributed by atoms with van der Waals surface area (Å²) in [5, 5.41) is 12.4. The molecule has 12 rings (SSSR count). The smallest absolute Gasteiger partial charge is 0.0780 e. The summed E-state index contributed by atoms with van der Waals surface area (Å²) in [5.74, 6) is 0.916. The number of aromatic nitrogens is 3. The van der Waals surface area contributed by atoms with Crippen molar-refractivity contribution in [2.45, 2.75) is 6.92 Å². The molecule has 0 aliphatic rings. The molecule has 0 unspecified atom stereocenters. The molecule has 0 amide bonds. The van der Waals surface area contributed by atoms with Crippen molar-refractivity contribution in [3.8, 4) is 22.6 Å². The average Bonchev–Trinajstić information content (AvgIpc) is 3.86. The minimum Gasteiger partial charge on any atom is -0.332 e. The molecule has 0 spiro atoms. The first kappa shape index (κ1) is 35.9. The molecular formula is C53H33IrN3S-2. The molecule has 3 nitrogen and oxygen atoms in total. The van der Waals surface area contributed by atoms with Crippen LogP contribution in [0.5, 0.6) is 0 Å². The second kappa shape index (κ2) is 14.8. The van der Waals surface area contributed by atoms with E-state index in [0.29, 0.717) is 0 Å². The minimum atomic E-state index is 0. The second-order valence-corrected chi connectivity index (χ2v) is 15.4. The van der Waals surface area contributed by atoms with Gasteiger partial charge in [-0.15, -0.1) is 54.1 Å². The van der Waals surface area contributed by atoms with E-state index in [9.17, 15) is 0 Å². The summed E-state index contributed by atoms with van der Waals surface area (Å²) in [5.41, 5.74) is 7.56. The Labute approximate surface area is 352 Å². The SMILES string of the molecule is Cc1cccc2cc3c(cc12)sc1c(-c2nc4cccc5c6ccccc6c6ccccc6c6ccccc6n2c45)[c-]ccc13.[Ir].[c-]1ccccc1-c1ccccn1. The molecule has 0 saturated heterocycles. The second-order valence-electron chi connectivity index (χ2n) is 14.4. The number of hydrogen-bond acceptors (Lipinski definition) is 3. The van der Waals surface area contributed by atoms with Crippen LogP contribution in [0.25, 0.3) is 102 Å². The molecule has 0 atom stereocenters. The van der Waals surface area contributed by atoms with Crippen LogP contribution >= 0.6 is 11.3 Å². The van der Waals surface area contributed by atoms with Crippen LogP contribution in [0, 0.1) is 19.1 Å². The van der Waals surface area contributed by atoms with Gasteiger partial charge in [-0.25, -0.2) is 0 Å². The van der Waals surface area contributed by atoms with E-state index in [4.69, 9.17) is 4.98 Å². The number of imidazole rings is 1. The van der Waals surface area contributed by atoms with Crippen LogP contribution in [0.4, 0.5) is 0 Å². The summed E-state index contributed by atoms with van der Waals surface area (Å²) in [6, 6.07) is 68.9. The summed E-state index contributed by atoms with van der Waals surface area (Å²) in [6.07, 6.45) is 1.79. The molecule has 1 radical (unpaired) electrons. The van der Waals surface area contributed by atoms with Gasteiger partial charge in [-0.05, 0) is 90.9 Å². The Kier molecular flexibility index (Phi) is 9.15. The third kappa shape index (κ3) is 5.90. The first-order valence-corrected chi connectivity index (χ1v) is 20.0. The molecule has 58 heavy (non-hydrogen) atoms. The van der Waals surface area contributed by atoms with Gasteiger partial charge in [0.2, 0.25) is 0 Å². The molecule has 0 fully saturated rings. The molecule has 0 bridgehead atoms. The summed E-state index contributed by atoms with van der Waals surface area (Å²) in [4.78, 5) is 9.64. The van der Waals surface area contributed by atoms with E-state index < -0.39 is 0 Å². The van der Waals surface area contributed by atoms with E-state index in [1.54, 1.807) is 6.20 Å². The molecule has 0 N–H and O–H groups in total. The number of pyridine rings is 1. The predicted octanol–water partition coefficient (Wildman–Crippen LogP) is 14.4. The normalized spacial score (nSPS) is 11.4. The summed E-state index contributed by atoms with van der Waals surface area (Å²) < 4.78 is 4.90. The number of rotatable bonds is 2. The Balaban J connectivity index is 0.000000270. The Morgan fingerprint density at radius 3 is 1.98 bits per heavy atom. The van der Waals surface area contributed by atoms with E-state index in [1.165, 1.54) is 68.8 Å². The third-order valence-electron chi connectivity index (χ3n) is 11.1. The van der Waals surface area contributed by atoms with Crippen LogP contribution in [-0.2, 0) is 20.1 Å². The quantitative estimate of drug-likeness (QED) is 0.162. The van der Waals surface area contributed by atoms with Crippen molar-refractivity contribution in [2.24, 2.45) is 0 Å². The predicted molar refractivity (Wildman–Crippen MR) is 242 cm³/mol. The molecule has 4 heterocycles. The van der Waals surface area contributed by atoms with Gasteiger partial charge in [0.15, 0.2) is 0 Å². The minimum absolute atomic E-state index is 0. The molecule has 0 aliphatic heterocycles. The van der Waals surface area contributed by atoms with Crippen LogP contribution in [0.2, 0.25) is 0 Å². The fourth-order valence-corrected chi connectivity index (χ4v) is 9.67. The summed E-state index contributed by atoms with van der Waals surface area (Å²) in [6.45, 7) is 2.20. The Bertz CT molecular complexity index is 3500. The van der Waals surface area contributed by atoms with Gasteiger partial charge < -0.3 is 9.38 Å². The van der Waals surface area contributed by atoms with E-state index >= 15 is 0 Å². The number of thiophene rings is 1. The number of para-hydroxylation sites is 2. The van der Waals surface area contributed by atoms with Gasteiger partial charge >= 0.3 is 0 Å². The van der Waals surface area contributed by atoms with Crippen LogP contribution in [0.1, 0.15) is 5.56 Å². The Morgan fingerprint density at radius 1 is 0.534 bits per heavy atom. The molecular weight excluding hydrogens is 903 g/mol. The zero-order valence-corrected chi connectivity index (χ0v) is 34.6. The van der Waals surface area contributed by atoms with E-state index in [-0.39, 0.29) is 20.1 Å². The van der Waals surface area contributed by atoms with Crippen LogP contribution in [-0.4, -0.2) is 14.4 Å². The van der Waals surface area contributed by atoms with Crippen molar-refractivity contribution in [3.05, 3.63) is 200 Å². The van der Waals surface area contributed by atoms with Crippen LogP contribution < -0.4 is 0 Å².